The molecule has 1 fully saturated rings. The van der Waals surface area contributed by atoms with Gasteiger partial charge < -0.3 is 4.90 Å². The summed E-state index contributed by atoms with van der Waals surface area (Å²) >= 11 is 3.62. The van der Waals surface area contributed by atoms with Gasteiger partial charge in [0, 0.05) is 18.4 Å². The minimum absolute atomic E-state index is 0.300. The lowest BCUT2D eigenvalue weighted by Crippen LogP contribution is -2.39. The minimum Gasteiger partial charge on any atom is -0.302 e. The molecular weight excluding hydrogens is 302 g/mol. The number of nitrogens with zero attached hydrogens (tertiary/aromatic N) is 1. The predicted octanol–water partition coefficient (Wildman–Crippen LogP) is 2.31. The van der Waals surface area contributed by atoms with Crippen molar-refractivity contribution < 1.29 is 8.42 Å². The second-order valence-electron chi connectivity index (χ2n) is 5.12. The van der Waals surface area contributed by atoms with E-state index in [2.05, 4.69) is 34.7 Å². The molecule has 0 N–H and O–H groups in total. The summed E-state index contributed by atoms with van der Waals surface area (Å²) in [6.07, 6.45) is 3.06. The molecule has 0 spiro atoms. The smallest absolute Gasteiger partial charge is 0.151 e. The van der Waals surface area contributed by atoms with E-state index >= 15 is 0 Å². The van der Waals surface area contributed by atoms with Crippen LogP contribution in [0.15, 0.2) is 0 Å². The van der Waals surface area contributed by atoms with Crippen LogP contribution in [0.25, 0.3) is 0 Å². The second kappa shape index (κ2) is 6.53. The fraction of sp³-hybridized carbons (Fsp3) is 1.00. The number of sulfone groups is 1. The van der Waals surface area contributed by atoms with Crippen molar-refractivity contribution in [3.8, 4) is 0 Å². The first-order valence-corrected chi connectivity index (χ1v) is 9.40. The average Bonchev–Trinajstić information content (AvgIpc) is 2.48. The molecule has 0 saturated carbocycles. The Kier molecular flexibility index (Phi) is 5.93. The molecule has 0 radical (unpaired) electrons. The Hall–Kier alpha value is 0.390. The van der Waals surface area contributed by atoms with Crippen molar-refractivity contribution >= 4 is 25.8 Å². The molecule has 102 valence electrons. The molecular formula is C12H24BrNO2S. The van der Waals surface area contributed by atoms with Crippen molar-refractivity contribution in [3.05, 3.63) is 0 Å². The average molecular weight is 326 g/mol. The van der Waals surface area contributed by atoms with E-state index in [9.17, 15) is 8.42 Å². The Balaban J connectivity index is 2.62. The van der Waals surface area contributed by atoms with Gasteiger partial charge in [0.1, 0.15) is 0 Å². The molecule has 0 aromatic carbocycles. The highest BCUT2D eigenvalue weighted by Crippen LogP contribution is 2.30. The van der Waals surface area contributed by atoms with Crippen LogP contribution in [-0.4, -0.2) is 49.8 Å². The van der Waals surface area contributed by atoms with Gasteiger partial charge in [0.2, 0.25) is 0 Å². The third kappa shape index (κ3) is 4.52. The summed E-state index contributed by atoms with van der Waals surface area (Å²) in [5, 5.41) is 0.996. The van der Waals surface area contributed by atoms with Crippen molar-refractivity contribution in [3.63, 3.8) is 0 Å². The first-order chi connectivity index (χ1) is 7.97. The summed E-state index contributed by atoms with van der Waals surface area (Å²) in [6.45, 7) is 7.09. The molecule has 1 aliphatic rings. The maximum absolute atomic E-state index is 11.6. The molecule has 1 heterocycles. The molecule has 0 aliphatic carbocycles. The van der Waals surface area contributed by atoms with Gasteiger partial charge in [-0.15, -0.1) is 0 Å². The molecule has 1 saturated heterocycles. The van der Waals surface area contributed by atoms with Crippen LogP contribution in [0.4, 0.5) is 0 Å². The van der Waals surface area contributed by atoms with E-state index in [0.717, 1.165) is 37.7 Å². The van der Waals surface area contributed by atoms with Crippen molar-refractivity contribution in [2.45, 2.75) is 33.1 Å². The zero-order valence-electron chi connectivity index (χ0n) is 10.9. The molecule has 1 rings (SSSR count). The Labute approximate surface area is 114 Å². The monoisotopic (exact) mass is 325 g/mol. The number of halogens is 1. The summed E-state index contributed by atoms with van der Waals surface area (Å²) in [4.78, 5) is 2.33. The van der Waals surface area contributed by atoms with Crippen molar-refractivity contribution in [1.29, 1.82) is 0 Å². The number of alkyl halides is 1. The zero-order chi connectivity index (χ0) is 12.9. The van der Waals surface area contributed by atoms with Crippen LogP contribution in [0.1, 0.15) is 33.1 Å². The van der Waals surface area contributed by atoms with Crippen LogP contribution in [0, 0.1) is 5.41 Å². The Bertz CT molecular complexity index is 317. The lowest BCUT2D eigenvalue weighted by Gasteiger charge is -2.35. The summed E-state index contributed by atoms with van der Waals surface area (Å²) in [5.41, 5.74) is 0.300. The van der Waals surface area contributed by atoms with Gasteiger partial charge in [-0.3, -0.25) is 0 Å². The van der Waals surface area contributed by atoms with E-state index in [-0.39, 0.29) is 0 Å². The van der Waals surface area contributed by atoms with Gasteiger partial charge in [0.05, 0.1) is 11.5 Å². The van der Waals surface area contributed by atoms with E-state index in [4.69, 9.17) is 0 Å². The predicted molar refractivity (Wildman–Crippen MR) is 76.5 cm³/mol. The van der Waals surface area contributed by atoms with E-state index < -0.39 is 9.84 Å². The highest BCUT2D eigenvalue weighted by molar-refractivity contribution is 9.09. The second-order valence-corrected chi connectivity index (χ2v) is 7.99. The standard InChI is InChI=1S/C12H24BrNO2S/c1-3-12(4-2,10-13)11-14-6-5-8-17(15,16)9-7-14/h3-11H2,1-2H3. The molecule has 0 unspecified atom stereocenters. The normalized spacial score (nSPS) is 22.3. The minimum atomic E-state index is -2.78. The van der Waals surface area contributed by atoms with E-state index in [0.29, 0.717) is 23.5 Å². The Morgan fingerprint density at radius 2 is 1.82 bits per heavy atom. The summed E-state index contributed by atoms with van der Waals surface area (Å²) < 4.78 is 23.1. The van der Waals surface area contributed by atoms with Crippen molar-refractivity contribution in [1.82, 2.24) is 4.90 Å². The molecule has 5 heteroatoms. The number of hydrogen-bond donors (Lipinski definition) is 0. The van der Waals surface area contributed by atoms with E-state index in [1.807, 2.05) is 0 Å². The highest BCUT2D eigenvalue weighted by Gasteiger charge is 2.29. The summed E-state index contributed by atoms with van der Waals surface area (Å²) in [5.74, 6) is 0.696. The van der Waals surface area contributed by atoms with Gasteiger partial charge in [0.25, 0.3) is 0 Å². The van der Waals surface area contributed by atoms with Gasteiger partial charge in [-0.25, -0.2) is 8.42 Å². The third-order valence-corrected chi connectivity index (χ3v) is 6.90. The fourth-order valence-electron chi connectivity index (χ4n) is 2.33. The molecule has 0 aromatic rings. The van der Waals surface area contributed by atoms with Gasteiger partial charge in [-0.1, -0.05) is 29.8 Å². The SMILES string of the molecule is CCC(CC)(CBr)CN1CCCS(=O)(=O)CC1. The molecule has 3 nitrogen and oxygen atoms in total. The van der Waals surface area contributed by atoms with Crippen LogP contribution < -0.4 is 0 Å². The fourth-order valence-corrected chi connectivity index (χ4v) is 4.61. The molecule has 0 amide bonds. The van der Waals surface area contributed by atoms with E-state index in [1.54, 1.807) is 0 Å². The topological polar surface area (TPSA) is 37.4 Å². The Morgan fingerprint density at radius 3 is 2.35 bits per heavy atom. The molecule has 0 atom stereocenters. The maximum atomic E-state index is 11.6. The third-order valence-electron chi connectivity index (χ3n) is 3.99. The first kappa shape index (κ1) is 15.4. The van der Waals surface area contributed by atoms with Gasteiger partial charge >= 0.3 is 0 Å². The first-order valence-electron chi connectivity index (χ1n) is 6.46. The van der Waals surface area contributed by atoms with Crippen LogP contribution >= 0.6 is 15.9 Å². The van der Waals surface area contributed by atoms with Crippen molar-refractivity contribution in [2.24, 2.45) is 5.41 Å². The van der Waals surface area contributed by atoms with Gasteiger partial charge in [-0.05, 0) is 31.2 Å². The maximum Gasteiger partial charge on any atom is 0.151 e. The van der Waals surface area contributed by atoms with Crippen LogP contribution in [0.5, 0.6) is 0 Å². The van der Waals surface area contributed by atoms with Crippen LogP contribution in [0.3, 0.4) is 0 Å². The van der Waals surface area contributed by atoms with Crippen LogP contribution in [0.2, 0.25) is 0 Å². The lowest BCUT2D eigenvalue weighted by atomic mass is 9.84. The van der Waals surface area contributed by atoms with Gasteiger partial charge in [-0.2, -0.15) is 0 Å². The highest BCUT2D eigenvalue weighted by atomic mass is 79.9. The Morgan fingerprint density at radius 1 is 1.18 bits per heavy atom. The summed E-state index contributed by atoms with van der Waals surface area (Å²) in [7, 11) is -2.78. The summed E-state index contributed by atoms with van der Waals surface area (Å²) in [6, 6.07) is 0. The van der Waals surface area contributed by atoms with Crippen LogP contribution in [-0.2, 0) is 9.84 Å². The number of hydrogen-bond acceptors (Lipinski definition) is 3. The van der Waals surface area contributed by atoms with E-state index in [1.165, 1.54) is 0 Å². The molecule has 0 aromatic heterocycles. The molecule has 0 bridgehead atoms. The molecule has 17 heavy (non-hydrogen) atoms. The van der Waals surface area contributed by atoms with Crippen molar-refractivity contribution in [2.75, 3.05) is 36.5 Å². The number of rotatable bonds is 5. The largest absolute Gasteiger partial charge is 0.302 e. The lowest BCUT2D eigenvalue weighted by molar-refractivity contribution is 0.167. The quantitative estimate of drug-likeness (QED) is 0.728. The zero-order valence-corrected chi connectivity index (χ0v) is 13.3. The molecule has 1 aliphatic heterocycles. The van der Waals surface area contributed by atoms with Gasteiger partial charge in [0.15, 0.2) is 9.84 Å².